The smallest absolute Gasteiger partial charge is 0.229 e. The van der Waals surface area contributed by atoms with E-state index in [4.69, 9.17) is 11.6 Å². The van der Waals surface area contributed by atoms with Gasteiger partial charge in [-0.3, -0.25) is 0 Å². The summed E-state index contributed by atoms with van der Waals surface area (Å²) in [4.78, 5) is -0.685. The predicted molar refractivity (Wildman–Crippen MR) is 78.4 cm³/mol. The lowest BCUT2D eigenvalue weighted by Gasteiger charge is -2.13. The molecule has 1 fully saturated rings. The van der Waals surface area contributed by atoms with E-state index in [0.29, 0.717) is 18.6 Å². The van der Waals surface area contributed by atoms with Gasteiger partial charge in [-0.25, -0.2) is 21.6 Å². The third-order valence-corrected chi connectivity index (χ3v) is 7.18. The second kappa shape index (κ2) is 6.23. The molecule has 0 aliphatic carbocycles. The third-order valence-electron chi connectivity index (χ3n) is 3.44. The second-order valence-electron chi connectivity index (χ2n) is 5.26. The number of hydrogen-bond donors (Lipinski definition) is 1. The Kier molecular flexibility index (Phi) is 5.01. The molecule has 1 aliphatic rings. The zero-order valence-electron chi connectivity index (χ0n) is 11.6. The van der Waals surface area contributed by atoms with Gasteiger partial charge in [0.15, 0.2) is 9.84 Å². The molecule has 1 aromatic rings. The van der Waals surface area contributed by atoms with Gasteiger partial charge in [0.25, 0.3) is 0 Å². The Morgan fingerprint density at radius 3 is 2.48 bits per heavy atom. The molecular weight excluding hydrogens is 379 g/mol. The van der Waals surface area contributed by atoms with Crippen molar-refractivity contribution in [2.45, 2.75) is 17.5 Å². The van der Waals surface area contributed by atoms with Gasteiger partial charge in [0.1, 0.15) is 4.90 Å². The summed E-state index contributed by atoms with van der Waals surface area (Å²) in [6, 6.07) is 2.00. The highest BCUT2D eigenvalue weighted by atomic mass is 35.5. The topological polar surface area (TPSA) is 80.3 Å². The number of nitrogens with one attached hydrogen (secondary N) is 1. The monoisotopic (exact) mass is 391 g/mol. The van der Waals surface area contributed by atoms with E-state index in [1.165, 1.54) is 0 Å². The molecule has 1 heterocycles. The van der Waals surface area contributed by atoms with Gasteiger partial charge in [-0.05, 0) is 30.5 Å². The first kappa shape index (κ1) is 18.5. The molecule has 1 unspecified atom stereocenters. The van der Waals surface area contributed by atoms with E-state index in [-0.39, 0.29) is 23.1 Å². The molecule has 1 N–H and O–H groups in total. The molecule has 1 atom stereocenters. The lowest BCUT2D eigenvalue weighted by Crippen LogP contribution is -2.30. The van der Waals surface area contributed by atoms with Gasteiger partial charge in [-0.15, -0.1) is 0 Å². The zero-order valence-corrected chi connectivity index (χ0v) is 14.0. The fourth-order valence-electron chi connectivity index (χ4n) is 2.22. The molecule has 2 rings (SSSR count). The summed E-state index contributed by atoms with van der Waals surface area (Å²) in [7, 11) is -7.45. The Hall–Kier alpha value is -0.840. The number of hydrogen-bond acceptors (Lipinski definition) is 4. The van der Waals surface area contributed by atoms with Gasteiger partial charge in [-0.1, -0.05) is 11.6 Å². The molecule has 0 radical (unpaired) electrons. The van der Waals surface area contributed by atoms with Crippen LogP contribution in [0.1, 0.15) is 12.0 Å². The van der Waals surface area contributed by atoms with Crippen LogP contribution in [0.5, 0.6) is 0 Å². The van der Waals surface area contributed by atoms with Crippen LogP contribution < -0.4 is 4.72 Å². The average molecular weight is 392 g/mol. The highest BCUT2D eigenvalue weighted by molar-refractivity contribution is 7.91. The van der Waals surface area contributed by atoms with Crippen molar-refractivity contribution >= 4 is 31.5 Å². The highest BCUT2D eigenvalue weighted by Gasteiger charge is 2.33. The Morgan fingerprint density at radius 1 is 1.30 bits per heavy atom. The minimum absolute atomic E-state index is 0.0241. The molecule has 0 saturated carbocycles. The van der Waals surface area contributed by atoms with Crippen LogP contribution in [0.4, 0.5) is 13.2 Å². The summed E-state index contributed by atoms with van der Waals surface area (Å²) in [6.45, 7) is -0.172. The average Bonchev–Trinajstić information content (AvgIpc) is 2.75. The van der Waals surface area contributed by atoms with Gasteiger partial charge >= 0.3 is 6.18 Å². The number of rotatable bonds is 4. The molecular formula is C12H13ClF3NO4S2. The van der Waals surface area contributed by atoms with Gasteiger partial charge < -0.3 is 0 Å². The highest BCUT2D eigenvalue weighted by Crippen LogP contribution is 2.33. The Balaban J connectivity index is 2.20. The molecule has 23 heavy (non-hydrogen) atoms. The van der Waals surface area contributed by atoms with Crippen molar-refractivity contribution in [2.24, 2.45) is 5.92 Å². The van der Waals surface area contributed by atoms with Gasteiger partial charge in [0, 0.05) is 6.54 Å². The maximum Gasteiger partial charge on any atom is 0.416 e. The minimum atomic E-state index is -4.70. The summed E-state index contributed by atoms with van der Waals surface area (Å²) in [5.41, 5.74) is -1.13. The van der Waals surface area contributed by atoms with Gasteiger partial charge in [0.2, 0.25) is 10.0 Å². The van der Waals surface area contributed by atoms with Crippen molar-refractivity contribution < 1.29 is 30.0 Å². The summed E-state index contributed by atoms with van der Waals surface area (Å²) < 4.78 is 87.1. The summed E-state index contributed by atoms with van der Waals surface area (Å²) in [5, 5.41) is -0.343. The van der Waals surface area contributed by atoms with Crippen LogP contribution in [-0.2, 0) is 26.0 Å². The minimum Gasteiger partial charge on any atom is -0.229 e. The van der Waals surface area contributed by atoms with Crippen LogP contribution in [0, 0.1) is 5.92 Å². The number of sulfone groups is 1. The molecule has 0 spiro atoms. The number of halogens is 4. The molecule has 0 bridgehead atoms. The first-order valence-electron chi connectivity index (χ1n) is 6.47. The van der Waals surface area contributed by atoms with Crippen molar-refractivity contribution in [1.29, 1.82) is 0 Å². The van der Waals surface area contributed by atoms with Crippen molar-refractivity contribution in [2.75, 3.05) is 18.1 Å². The molecule has 1 aliphatic heterocycles. The van der Waals surface area contributed by atoms with Crippen LogP contribution in [-0.4, -0.2) is 34.9 Å². The van der Waals surface area contributed by atoms with Crippen LogP contribution in [0.3, 0.4) is 0 Å². The fraction of sp³-hybridized carbons (Fsp3) is 0.500. The fourth-order valence-corrected chi connectivity index (χ4v) is 5.73. The van der Waals surface area contributed by atoms with E-state index in [1.807, 2.05) is 0 Å². The quantitative estimate of drug-likeness (QED) is 0.852. The van der Waals surface area contributed by atoms with Crippen LogP contribution in [0.15, 0.2) is 23.1 Å². The number of sulfonamides is 1. The van der Waals surface area contributed by atoms with E-state index < -0.39 is 42.4 Å². The van der Waals surface area contributed by atoms with Crippen molar-refractivity contribution in [3.8, 4) is 0 Å². The first-order valence-corrected chi connectivity index (χ1v) is 10.2. The third kappa shape index (κ3) is 4.59. The Labute approximate surface area is 136 Å². The molecule has 1 saturated heterocycles. The SMILES string of the molecule is O=S1(=O)CCC(CNS(=O)(=O)c2cc(C(F)(F)F)ccc2Cl)C1. The van der Waals surface area contributed by atoms with Crippen LogP contribution >= 0.6 is 11.6 Å². The Bertz CT molecular complexity index is 806. The van der Waals surface area contributed by atoms with E-state index in [2.05, 4.69) is 4.72 Å². The van der Waals surface area contributed by atoms with E-state index in [1.54, 1.807) is 0 Å². The van der Waals surface area contributed by atoms with Crippen molar-refractivity contribution in [3.05, 3.63) is 28.8 Å². The molecule has 5 nitrogen and oxygen atoms in total. The van der Waals surface area contributed by atoms with Crippen LogP contribution in [0.25, 0.3) is 0 Å². The standard InChI is InChI=1S/C12H13ClF3NO4S2/c13-10-2-1-9(12(14,15)16)5-11(10)23(20,21)17-6-8-3-4-22(18,19)7-8/h1-2,5,8,17H,3-4,6-7H2. The van der Waals surface area contributed by atoms with Gasteiger partial charge in [-0.2, -0.15) is 13.2 Å². The maximum atomic E-state index is 12.7. The molecule has 130 valence electrons. The summed E-state index contributed by atoms with van der Waals surface area (Å²) in [5.74, 6) is -0.574. The predicted octanol–water partition coefficient (Wildman–Crippen LogP) is 2.07. The van der Waals surface area contributed by atoms with Crippen molar-refractivity contribution in [1.82, 2.24) is 4.72 Å². The summed E-state index contributed by atoms with van der Waals surface area (Å²) >= 11 is 5.69. The summed E-state index contributed by atoms with van der Waals surface area (Å²) in [6.07, 6.45) is -4.39. The maximum absolute atomic E-state index is 12.7. The zero-order chi connectivity index (χ0) is 17.5. The van der Waals surface area contributed by atoms with Crippen molar-refractivity contribution in [3.63, 3.8) is 0 Å². The molecule has 11 heteroatoms. The lowest BCUT2D eigenvalue weighted by atomic mass is 10.1. The first-order chi connectivity index (χ1) is 10.4. The van der Waals surface area contributed by atoms with Crippen LogP contribution in [0.2, 0.25) is 5.02 Å². The van der Waals surface area contributed by atoms with E-state index >= 15 is 0 Å². The molecule has 0 amide bonds. The number of alkyl halides is 3. The van der Waals surface area contributed by atoms with Gasteiger partial charge in [0.05, 0.1) is 22.1 Å². The molecule has 1 aromatic carbocycles. The molecule has 0 aromatic heterocycles. The Morgan fingerprint density at radius 2 is 1.96 bits per heavy atom. The normalized spacial score (nSPS) is 21.5. The van der Waals surface area contributed by atoms with E-state index in [0.717, 1.165) is 6.07 Å². The lowest BCUT2D eigenvalue weighted by molar-refractivity contribution is -0.137. The largest absolute Gasteiger partial charge is 0.416 e. The second-order valence-corrected chi connectivity index (χ2v) is 9.64. The van der Waals surface area contributed by atoms with E-state index in [9.17, 15) is 30.0 Å². The number of benzene rings is 1.